The summed E-state index contributed by atoms with van der Waals surface area (Å²) in [7, 11) is 1.43. The molecule has 0 unspecified atom stereocenters. The number of carbonyl (C=O) groups is 3. The average Bonchev–Trinajstić information content (AvgIpc) is 2.75. The van der Waals surface area contributed by atoms with Crippen LogP contribution in [-0.4, -0.2) is 29.7 Å². The van der Waals surface area contributed by atoms with Crippen LogP contribution in [0.5, 0.6) is 0 Å². The Morgan fingerprint density at radius 3 is 2.43 bits per heavy atom. The van der Waals surface area contributed by atoms with Crippen LogP contribution in [0.25, 0.3) is 0 Å². The minimum Gasteiger partial charge on any atom is -0.325 e. The summed E-state index contributed by atoms with van der Waals surface area (Å²) in [5, 5.41) is 2.74. The smallest absolute Gasteiger partial charge is 0.263 e. The second kappa shape index (κ2) is 5.68. The Labute approximate surface area is 133 Å². The fourth-order valence-corrected chi connectivity index (χ4v) is 2.59. The monoisotopic (exact) mass is 308 g/mol. The molecule has 3 amide bonds. The molecule has 116 valence electrons. The Bertz CT molecular complexity index is 810. The first kappa shape index (κ1) is 15.0. The van der Waals surface area contributed by atoms with Gasteiger partial charge in [0.25, 0.3) is 11.8 Å². The van der Waals surface area contributed by atoms with Crippen LogP contribution in [0.1, 0.15) is 31.8 Å². The maximum atomic E-state index is 12.2. The Balaban J connectivity index is 1.82. The maximum Gasteiger partial charge on any atom is 0.263 e. The van der Waals surface area contributed by atoms with Gasteiger partial charge in [-0.05, 0) is 24.6 Å². The molecule has 0 spiro atoms. The molecule has 0 fully saturated rings. The molecule has 2 aromatic carbocycles. The maximum absolute atomic E-state index is 12.2. The van der Waals surface area contributed by atoms with E-state index in [2.05, 4.69) is 5.32 Å². The van der Waals surface area contributed by atoms with Crippen LogP contribution in [0.4, 0.5) is 5.69 Å². The minimum absolute atomic E-state index is 0.210. The number of rotatable bonds is 3. The van der Waals surface area contributed by atoms with Gasteiger partial charge >= 0.3 is 0 Å². The molecule has 0 radical (unpaired) electrons. The molecule has 5 nitrogen and oxygen atoms in total. The molecule has 0 atom stereocenters. The lowest BCUT2D eigenvalue weighted by atomic mass is 10.1. The molecule has 3 rings (SSSR count). The van der Waals surface area contributed by atoms with Crippen molar-refractivity contribution in [1.29, 1.82) is 0 Å². The van der Waals surface area contributed by atoms with Crippen molar-refractivity contribution >= 4 is 23.4 Å². The summed E-state index contributed by atoms with van der Waals surface area (Å²) >= 11 is 0. The van der Waals surface area contributed by atoms with Gasteiger partial charge in [0, 0.05) is 7.05 Å². The summed E-state index contributed by atoms with van der Waals surface area (Å²) in [6.45, 7) is 1.98. The van der Waals surface area contributed by atoms with Gasteiger partial charge in [-0.3, -0.25) is 19.3 Å². The predicted octanol–water partition coefficient (Wildman–Crippen LogP) is 2.40. The van der Waals surface area contributed by atoms with Crippen molar-refractivity contribution in [2.24, 2.45) is 0 Å². The van der Waals surface area contributed by atoms with Gasteiger partial charge in [-0.2, -0.15) is 0 Å². The number of nitrogens with one attached hydrogen (secondary N) is 1. The third-order valence-corrected chi connectivity index (χ3v) is 3.88. The molecule has 2 aromatic rings. The fraction of sp³-hybridized carbons (Fsp3) is 0.167. The summed E-state index contributed by atoms with van der Waals surface area (Å²) in [6, 6.07) is 12.6. The van der Waals surface area contributed by atoms with E-state index in [4.69, 9.17) is 0 Å². The van der Waals surface area contributed by atoms with E-state index in [9.17, 15) is 14.4 Å². The molecular weight excluding hydrogens is 292 g/mol. The number of hydrogen-bond donors (Lipinski definition) is 1. The first-order valence-corrected chi connectivity index (χ1v) is 7.28. The third-order valence-electron chi connectivity index (χ3n) is 3.88. The lowest BCUT2D eigenvalue weighted by molar-refractivity contribution is -0.115. The molecule has 0 saturated carbocycles. The highest BCUT2D eigenvalue weighted by molar-refractivity contribution is 6.24. The zero-order valence-corrected chi connectivity index (χ0v) is 12.9. The Kier molecular flexibility index (Phi) is 3.70. The number of imide groups is 1. The molecule has 1 aliphatic rings. The van der Waals surface area contributed by atoms with Crippen LogP contribution in [0.3, 0.4) is 0 Å². The first-order chi connectivity index (χ1) is 11.0. The van der Waals surface area contributed by atoms with Gasteiger partial charge in [0.1, 0.15) is 0 Å². The molecular formula is C18H16N2O3. The number of carbonyl (C=O) groups excluding carboxylic acids is 3. The number of amides is 3. The number of hydrogen-bond acceptors (Lipinski definition) is 3. The lowest BCUT2D eigenvalue weighted by Crippen LogP contribution is -2.24. The molecule has 1 aliphatic heterocycles. The van der Waals surface area contributed by atoms with Crippen LogP contribution >= 0.6 is 0 Å². The average molecular weight is 308 g/mol. The predicted molar refractivity (Wildman–Crippen MR) is 86.4 cm³/mol. The summed E-state index contributed by atoms with van der Waals surface area (Å²) < 4.78 is 0. The molecule has 1 heterocycles. The van der Waals surface area contributed by atoms with Crippen LogP contribution in [-0.2, 0) is 11.2 Å². The van der Waals surface area contributed by atoms with Crippen molar-refractivity contribution in [2.45, 2.75) is 13.3 Å². The van der Waals surface area contributed by atoms with Crippen molar-refractivity contribution in [3.05, 3.63) is 64.7 Å². The Morgan fingerprint density at radius 1 is 1.04 bits per heavy atom. The molecule has 0 bridgehead atoms. The largest absolute Gasteiger partial charge is 0.325 e. The van der Waals surface area contributed by atoms with E-state index in [1.807, 2.05) is 31.2 Å². The Morgan fingerprint density at radius 2 is 1.74 bits per heavy atom. The first-order valence-electron chi connectivity index (χ1n) is 7.28. The van der Waals surface area contributed by atoms with E-state index in [0.717, 1.165) is 16.0 Å². The van der Waals surface area contributed by atoms with Gasteiger partial charge in [-0.1, -0.05) is 35.9 Å². The zero-order chi connectivity index (χ0) is 16.6. The zero-order valence-electron chi connectivity index (χ0n) is 12.9. The number of nitrogens with zero attached hydrogens (tertiary/aromatic N) is 1. The van der Waals surface area contributed by atoms with E-state index >= 15 is 0 Å². The number of aryl methyl sites for hydroxylation is 1. The van der Waals surface area contributed by atoms with Crippen molar-refractivity contribution in [3.63, 3.8) is 0 Å². The van der Waals surface area contributed by atoms with Crippen LogP contribution in [0, 0.1) is 6.92 Å². The molecule has 5 heteroatoms. The van der Waals surface area contributed by atoms with E-state index in [0.29, 0.717) is 11.3 Å². The summed E-state index contributed by atoms with van der Waals surface area (Å²) in [4.78, 5) is 37.4. The minimum atomic E-state index is -0.392. The van der Waals surface area contributed by atoms with Gasteiger partial charge in [-0.25, -0.2) is 0 Å². The standard InChI is InChI=1S/C18H16N2O3/c1-11-6-8-12(9-7-11)10-15(21)19-14-5-3-4-13-16(14)18(23)20(2)17(13)22/h3-9H,10H2,1-2H3,(H,19,21). The van der Waals surface area contributed by atoms with E-state index in [1.54, 1.807) is 18.2 Å². The molecule has 0 saturated heterocycles. The van der Waals surface area contributed by atoms with Crippen molar-refractivity contribution < 1.29 is 14.4 Å². The second-order valence-electron chi connectivity index (χ2n) is 5.61. The van der Waals surface area contributed by atoms with Gasteiger partial charge < -0.3 is 5.32 Å². The topological polar surface area (TPSA) is 66.5 Å². The highest BCUT2D eigenvalue weighted by Crippen LogP contribution is 2.28. The quantitative estimate of drug-likeness (QED) is 0.885. The molecule has 0 aromatic heterocycles. The van der Waals surface area contributed by atoms with Crippen LogP contribution < -0.4 is 5.32 Å². The highest BCUT2D eigenvalue weighted by atomic mass is 16.2. The van der Waals surface area contributed by atoms with Crippen LogP contribution in [0.2, 0.25) is 0 Å². The van der Waals surface area contributed by atoms with E-state index < -0.39 is 5.91 Å². The third kappa shape index (κ3) is 2.73. The number of fused-ring (bicyclic) bond motifs is 1. The molecule has 0 aliphatic carbocycles. The fourth-order valence-electron chi connectivity index (χ4n) is 2.59. The van der Waals surface area contributed by atoms with Gasteiger partial charge in [0.05, 0.1) is 23.2 Å². The summed E-state index contributed by atoms with van der Waals surface area (Å²) in [5.74, 6) is -0.965. The number of benzene rings is 2. The van der Waals surface area contributed by atoms with Gasteiger partial charge in [0.15, 0.2) is 0 Å². The van der Waals surface area contributed by atoms with Crippen molar-refractivity contribution in [3.8, 4) is 0 Å². The van der Waals surface area contributed by atoms with E-state index in [1.165, 1.54) is 7.05 Å². The SMILES string of the molecule is Cc1ccc(CC(=O)Nc2cccc3c2C(=O)N(C)C3=O)cc1. The van der Waals surface area contributed by atoms with E-state index in [-0.39, 0.29) is 23.8 Å². The second-order valence-corrected chi connectivity index (χ2v) is 5.61. The highest BCUT2D eigenvalue weighted by Gasteiger charge is 2.35. The molecule has 23 heavy (non-hydrogen) atoms. The Hall–Kier alpha value is -2.95. The van der Waals surface area contributed by atoms with Crippen molar-refractivity contribution in [2.75, 3.05) is 12.4 Å². The summed E-state index contributed by atoms with van der Waals surface area (Å²) in [6.07, 6.45) is 0.210. The lowest BCUT2D eigenvalue weighted by Gasteiger charge is -2.09. The van der Waals surface area contributed by atoms with Crippen molar-refractivity contribution in [1.82, 2.24) is 4.90 Å². The molecule has 1 N–H and O–H groups in total. The number of anilines is 1. The van der Waals surface area contributed by atoms with Crippen LogP contribution in [0.15, 0.2) is 42.5 Å². The van der Waals surface area contributed by atoms with Gasteiger partial charge in [0.2, 0.25) is 5.91 Å². The summed E-state index contributed by atoms with van der Waals surface area (Å²) in [5.41, 5.74) is 2.98. The normalized spacial score (nSPS) is 13.2. The van der Waals surface area contributed by atoms with Gasteiger partial charge in [-0.15, -0.1) is 0 Å².